The van der Waals surface area contributed by atoms with Crippen LogP contribution in [0.3, 0.4) is 0 Å². The molecule has 0 radical (unpaired) electrons. The summed E-state index contributed by atoms with van der Waals surface area (Å²) in [6, 6.07) is 24.0. The molecule has 34 heavy (non-hydrogen) atoms. The van der Waals surface area contributed by atoms with E-state index in [1.165, 1.54) is 12.1 Å². The van der Waals surface area contributed by atoms with Crippen molar-refractivity contribution < 1.29 is 25.2 Å². The first-order chi connectivity index (χ1) is 16.3. The van der Waals surface area contributed by atoms with Gasteiger partial charge in [-0.3, -0.25) is 4.79 Å². The first-order valence-corrected chi connectivity index (χ1v) is 11.1. The number of Topliss-reactive ketones (excluding diaryl/α,β-unsaturated/α-hetero) is 1. The summed E-state index contributed by atoms with van der Waals surface area (Å²) in [7, 11) is 0. The van der Waals surface area contributed by atoms with Crippen molar-refractivity contribution in [1.29, 1.82) is 0 Å². The SMILES string of the molecule is CC(C(=O)C(C)c1ccc(O)c(-c2ccccc2)c1O)c1ccc(O)c(-c2ccccc2)c1O. The van der Waals surface area contributed by atoms with Crippen LogP contribution < -0.4 is 0 Å². The van der Waals surface area contributed by atoms with E-state index in [-0.39, 0.29) is 39.9 Å². The minimum absolute atomic E-state index is 0.0798. The lowest BCUT2D eigenvalue weighted by molar-refractivity contribution is -0.121. The Balaban J connectivity index is 1.71. The predicted octanol–water partition coefficient (Wildman–Crippen LogP) is 6.32. The van der Waals surface area contributed by atoms with Gasteiger partial charge in [-0.2, -0.15) is 0 Å². The topological polar surface area (TPSA) is 98.0 Å². The fraction of sp³-hybridized carbons (Fsp3) is 0.138. The Morgan fingerprint density at radius 1 is 0.559 bits per heavy atom. The molecule has 4 N–H and O–H groups in total. The van der Waals surface area contributed by atoms with Gasteiger partial charge in [-0.1, -0.05) is 86.6 Å². The fourth-order valence-corrected chi connectivity index (χ4v) is 4.35. The summed E-state index contributed by atoms with van der Waals surface area (Å²) in [4.78, 5) is 13.5. The van der Waals surface area contributed by atoms with Crippen LogP contribution in [0.5, 0.6) is 23.0 Å². The molecule has 0 bridgehead atoms. The van der Waals surface area contributed by atoms with Gasteiger partial charge in [0.1, 0.15) is 28.8 Å². The van der Waals surface area contributed by atoms with Crippen LogP contribution in [-0.2, 0) is 4.79 Å². The van der Waals surface area contributed by atoms with E-state index in [0.29, 0.717) is 22.3 Å². The van der Waals surface area contributed by atoms with Gasteiger partial charge in [0.15, 0.2) is 0 Å². The number of rotatable bonds is 6. The van der Waals surface area contributed by atoms with E-state index < -0.39 is 11.8 Å². The standard InChI is InChI=1S/C29H26O5/c1-17(21-13-15-23(30)25(28(21)33)19-9-5-3-6-10-19)27(32)18(2)22-14-16-24(31)26(29(22)34)20-11-7-4-8-12-20/h3-18,30-31,33-34H,1-2H3. The zero-order chi connectivity index (χ0) is 24.4. The number of phenols is 4. The van der Waals surface area contributed by atoms with Crippen molar-refractivity contribution in [3.05, 3.63) is 96.1 Å². The highest BCUT2D eigenvalue weighted by Gasteiger charge is 2.29. The largest absolute Gasteiger partial charge is 0.507 e. The molecule has 5 nitrogen and oxygen atoms in total. The van der Waals surface area contributed by atoms with Gasteiger partial charge in [-0.05, 0) is 23.3 Å². The lowest BCUT2D eigenvalue weighted by Crippen LogP contribution is -2.17. The maximum Gasteiger partial charge on any atom is 0.147 e. The Labute approximate surface area is 198 Å². The normalized spacial score (nSPS) is 12.8. The maximum absolute atomic E-state index is 13.5. The molecular formula is C29H26O5. The number of hydrogen-bond acceptors (Lipinski definition) is 5. The minimum atomic E-state index is -0.716. The second-order valence-corrected chi connectivity index (χ2v) is 8.37. The van der Waals surface area contributed by atoms with Gasteiger partial charge in [0, 0.05) is 23.0 Å². The van der Waals surface area contributed by atoms with E-state index in [1.54, 1.807) is 74.5 Å². The van der Waals surface area contributed by atoms with E-state index in [0.717, 1.165) is 0 Å². The summed E-state index contributed by atoms with van der Waals surface area (Å²) >= 11 is 0. The van der Waals surface area contributed by atoms with Crippen molar-refractivity contribution in [3.63, 3.8) is 0 Å². The van der Waals surface area contributed by atoms with Crippen molar-refractivity contribution in [1.82, 2.24) is 0 Å². The Morgan fingerprint density at radius 3 is 1.26 bits per heavy atom. The van der Waals surface area contributed by atoms with Crippen LogP contribution in [0.4, 0.5) is 0 Å². The molecule has 0 aromatic heterocycles. The van der Waals surface area contributed by atoms with Gasteiger partial charge in [0.2, 0.25) is 0 Å². The molecule has 0 saturated heterocycles. The lowest BCUT2D eigenvalue weighted by Gasteiger charge is -2.21. The van der Waals surface area contributed by atoms with Crippen LogP contribution in [-0.4, -0.2) is 26.2 Å². The Hall–Kier alpha value is -4.25. The molecule has 2 atom stereocenters. The molecule has 4 aromatic rings. The number of aromatic hydroxyl groups is 4. The number of hydrogen-bond donors (Lipinski definition) is 4. The third-order valence-corrected chi connectivity index (χ3v) is 6.29. The lowest BCUT2D eigenvalue weighted by atomic mass is 9.83. The van der Waals surface area contributed by atoms with Gasteiger partial charge in [0.25, 0.3) is 0 Å². The molecule has 4 aromatic carbocycles. The molecule has 0 saturated carbocycles. The monoisotopic (exact) mass is 454 g/mol. The molecule has 0 fully saturated rings. The number of benzene rings is 4. The molecule has 0 spiro atoms. The smallest absolute Gasteiger partial charge is 0.147 e. The highest BCUT2D eigenvalue weighted by Crippen LogP contribution is 2.45. The third-order valence-electron chi connectivity index (χ3n) is 6.29. The summed E-state index contributed by atoms with van der Waals surface area (Å²) in [6.07, 6.45) is 0. The highest BCUT2D eigenvalue weighted by atomic mass is 16.3. The quantitative estimate of drug-likeness (QED) is 0.273. The Bertz CT molecular complexity index is 1230. The van der Waals surface area contributed by atoms with Crippen molar-refractivity contribution in [2.45, 2.75) is 25.7 Å². The number of ketones is 1. The molecule has 0 amide bonds. The average molecular weight is 455 g/mol. The number of carbonyl (C=O) groups is 1. The Morgan fingerprint density at radius 2 is 0.912 bits per heavy atom. The summed E-state index contributed by atoms with van der Waals surface area (Å²) < 4.78 is 0. The minimum Gasteiger partial charge on any atom is -0.507 e. The number of phenolic OH excluding ortho intramolecular Hbond substituents is 4. The van der Waals surface area contributed by atoms with Gasteiger partial charge >= 0.3 is 0 Å². The van der Waals surface area contributed by atoms with Crippen LogP contribution in [0, 0.1) is 0 Å². The van der Waals surface area contributed by atoms with Crippen molar-refractivity contribution in [3.8, 4) is 45.3 Å². The molecule has 0 aliphatic heterocycles. The third kappa shape index (κ3) is 4.08. The van der Waals surface area contributed by atoms with Crippen LogP contribution in [0.2, 0.25) is 0 Å². The average Bonchev–Trinajstić information content (AvgIpc) is 2.84. The van der Waals surface area contributed by atoms with E-state index in [9.17, 15) is 25.2 Å². The zero-order valence-corrected chi connectivity index (χ0v) is 18.9. The van der Waals surface area contributed by atoms with Crippen LogP contribution in [0.25, 0.3) is 22.3 Å². The van der Waals surface area contributed by atoms with E-state index in [4.69, 9.17) is 0 Å². The second kappa shape index (κ2) is 9.32. The summed E-state index contributed by atoms with van der Waals surface area (Å²) in [6.45, 7) is 3.38. The van der Waals surface area contributed by atoms with Crippen LogP contribution >= 0.6 is 0 Å². The fourth-order valence-electron chi connectivity index (χ4n) is 4.35. The van der Waals surface area contributed by atoms with E-state index in [2.05, 4.69) is 0 Å². The van der Waals surface area contributed by atoms with Gasteiger partial charge in [-0.15, -0.1) is 0 Å². The first-order valence-electron chi connectivity index (χ1n) is 11.1. The predicted molar refractivity (Wildman–Crippen MR) is 132 cm³/mol. The van der Waals surface area contributed by atoms with Gasteiger partial charge in [-0.25, -0.2) is 0 Å². The number of carbonyl (C=O) groups excluding carboxylic acids is 1. The molecule has 0 aliphatic rings. The van der Waals surface area contributed by atoms with Crippen LogP contribution in [0.15, 0.2) is 84.9 Å². The van der Waals surface area contributed by atoms with Crippen molar-refractivity contribution in [2.75, 3.05) is 0 Å². The highest BCUT2D eigenvalue weighted by molar-refractivity contribution is 5.94. The summed E-state index contributed by atoms with van der Waals surface area (Å²) in [5, 5.41) is 42.7. The van der Waals surface area contributed by atoms with Crippen molar-refractivity contribution >= 4 is 5.78 Å². The second-order valence-electron chi connectivity index (χ2n) is 8.37. The maximum atomic E-state index is 13.5. The molecule has 0 aliphatic carbocycles. The summed E-state index contributed by atoms with van der Waals surface area (Å²) in [5.41, 5.74) is 2.57. The van der Waals surface area contributed by atoms with Gasteiger partial charge in [0.05, 0.1) is 11.1 Å². The molecule has 0 heterocycles. The van der Waals surface area contributed by atoms with Crippen LogP contribution in [0.1, 0.15) is 36.8 Å². The molecule has 172 valence electrons. The summed E-state index contributed by atoms with van der Waals surface area (Å²) in [5.74, 6) is -2.12. The molecule has 4 rings (SSSR count). The van der Waals surface area contributed by atoms with E-state index in [1.807, 2.05) is 12.1 Å². The Kier molecular flexibility index (Phi) is 6.28. The molecule has 2 unspecified atom stereocenters. The molecular weight excluding hydrogens is 428 g/mol. The van der Waals surface area contributed by atoms with Gasteiger partial charge < -0.3 is 20.4 Å². The molecule has 5 heteroatoms. The first kappa shape index (κ1) is 22.9. The van der Waals surface area contributed by atoms with Crippen molar-refractivity contribution in [2.24, 2.45) is 0 Å². The van der Waals surface area contributed by atoms with E-state index >= 15 is 0 Å². The zero-order valence-electron chi connectivity index (χ0n) is 18.9.